The van der Waals surface area contributed by atoms with Crippen molar-refractivity contribution in [1.82, 2.24) is 15.3 Å². The number of carbonyl (C=O) groups excluding carboxylic acids is 1. The van der Waals surface area contributed by atoms with Gasteiger partial charge < -0.3 is 5.32 Å². The van der Waals surface area contributed by atoms with Crippen molar-refractivity contribution in [3.8, 4) is 11.4 Å². The van der Waals surface area contributed by atoms with E-state index in [0.717, 1.165) is 22.0 Å². The van der Waals surface area contributed by atoms with Crippen LogP contribution in [-0.4, -0.2) is 22.4 Å². The van der Waals surface area contributed by atoms with Gasteiger partial charge in [0.15, 0.2) is 0 Å². The molecule has 0 saturated carbocycles. The molecule has 0 radical (unpaired) electrons. The molecule has 122 valence electrons. The minimum atomic E-state index is -0.0420. The van der Waals surface area contributed by atoms with Gasteiger partial charge in [-0.15, -0.1) is 11.3 Å². The quantitative estimate of drug-likeness (QED) is 0.770. The van der Waals surface area contributed by atoms with E-state index in [2.05, 4.69) is 15.3 Å². The first-order valence-electron chi connectivity index (χ1n) is 7.85. The predicted octanol–water partition coefficient (Wildman–Crippen LogP) is 3.79. The van der Waals surface area contributed by atoms with Crippen molar-refractivity contribution in [3.63, 3.8) is 0 Å². The van der Waals surface area contributed by atoms with Gasteiger partial charge in [-0.2, -0.15) is 0 Å². The maximum Gasteiger partial charge on any atom is 0.251 e. The number of carbonyl (C=O) groups is 1. The fourth-order valence-corrected chi connectivity index (χ4v) is 3.12. The number of aryl methyl sites for hydroxylation is 2. The lowest BCUT2D eigenvalue weighted by molar-refractivity contribution is 0.0954. The van der Waals surface area contributed by atoms with Gasteiger partial charge in [-0.05, 0) is 49.2 Å². The molecule has 3 rings (SSSR count). The summed E-state index contributed by atoms with van der Waals surface area (Å²) in [6, 6.07) is 11.5. The number of hydrogen-bond acceptors (Lipinski definition) is 4. The molecular weight excluding hydrogens is 318 g/mol. The van der Waals surface area contributed by atoms with E-state index < -0.39 is 0 Å². The Morgan fingerprint density at radius 1 is 1.12 bits per heavy atom. The number of rotatable bonds is 5. The summed E-state index contributed by atoms with van der Waals surface area (Å²) in [6.07, 6.45) is 2.48. The average Bonchev–Trinajstić information content (AvgIpc) is 3.07. The van der Waals surface area contributed by atoms with Crippen LogP contribution in [0.5, 0.6) is 0 Å². The van der Waals surface area contributed by atoms with E-state index >= 15 is 0 Å². The lowest BCUT2D eigenvalue weighted by atomic mass is 10.1. The number of benzene rings is 1. The Hall–Kier alpha value is -2.53. The van der Waals surface area contributed by atoms with E-state index in [9.17, 15) is 4.79 Å². The van der Waals surface area contributed by atoms with Gasteiger partial charge in [0, 0.05) is 30.1 Å². The zero-order valence-electron chi connectivity index (χ0n) is 13.7. The minimum absolute atomic E-state index is 0.0420. The highest BCUT2D eigenvalue weighted by Crippen LogP contribution is 2.19. The van der Waals surface area contributed by atoms with Crippen LogP contribution in [0.1, 0.15) is 26.5 Å². The molecule has 0 spiro atoms. The molecule has 2 aromatic heterocycles. The number of nitrogens with zero attached hydrogens (tertiary/aromatic N) is 2. The van der Waals surface area contributed by atoms with E-state index in [1.807, 2.05) is 55.6 Å². The van der Waals surface area contributed by atoms with E-state index in [1.54, 1.807) is 17.5 Å². The molecule has 2 heterocycles. The molecule has 24 heavy (non-hydrogen) atoms. The largest absolute Gasteiger partial charge is 0.352 e. The highest BCUT2D eigenvalue weighted by molar-refractivity contribution is 7.09. The van der Waals surface area contributed by atoms with E-state index in [4.69, 9.17) is 0 Å². The number of amides is 1. The second-order valence-electron chi connectivity index (χ2n) is 5.65. The van der Waals surface area contributed by atoms with Crippen molar-refractivity contribution < 1.29 is 4.79 Å². The van der Waals surface area contributed by atoms with Crippen LogP contribution in [0.2, 0.25) is 0 Å². The Morgan fingerprint density at radius 2 is 2.00 bits per heavy atom. The summed E-state index contributed by atoms with van der Waals surface area (Å²) in [5.74, 6) is -0.0420. The molecule has 0 unspecified atom stereocenters. The Bertz CT molecular complexity index is 843. The van der Waals surface area contributed by atoms with Crippen molar-refractivity contribution in [2.45, 2.75) is 20.3 Å². The molecule has 5 heteroatoms. The Kier molecular flexibility index (Phi) is 5.01. The standard InChI is InChI=1S/C19H19N3OS/c1-13-6-7-15(11-14(13)2)19(23)21-10-8-18-22-17(12-24-18)16-5-3-4-9-20-16/h3-7,9,11-12H,8,10H2,1-2H3,(H,21,23). The highest BCUT2D eigenvalue weighted by Gasteiger charge is 2.08. The molecule has 1 N–H and O–H groups in total. The smallest absolute Gasteiger partial charge is 0.251 e. The Balaban J connectivity index is 1.56. The summed E-state index contributed by atoms with van der Waals surface area (Å²) in [4.78, 5) is 21.1. The number of thiazole rings is 1. The SMILES string of the molecule is Cc1ccc(C(=O)NCCc2nc(-c3ccccn3)cs2)cc1C. The van der Waals surface area contributed by atoms with Crippen LogP contribution in [0.3, 0.4) is 0 Å². The summed E-state index contributed by atoms with van der Waals surface area (Å²) in [5.41, 5.74) is 4.78. The van der Waals surface area contributed by atoms with Crippen molar-refractivity contribution in [1.29, 1.82) is 0 Å². The summed E-state index contributed by atoms with van der Waals surface area (Å²) in [6.45, 7) is 4.63. The van der Waals surface area contributed by atoms with Gasteiger partial charge in [-0.25, -0.2) is 4.98 Å². The molecule has 1 aromatic carbocycles. The van der Waals surface area contributed by atoms with Gasteiger partial charge in [0.05, 0.1) is 16.4 Å². The summed E-state index contributed by atoms with van der Waals surface area (Å²) >= 11 is 1.59. The van der Waals surface area contributed by atoms with Gasteiger partial charge in [0.2, 0.25) is 0 Å². The lowest BCUT2D eigenvalue weighted by Gasteiger charge is -2.06. The molecule has 0 fully saturated rings. The predicted molar refractivity (Wildman–Crippen MR) is 97.3 cm³/mol. The third-order valence-corrected chi connectivity index (χ3v) is 4.78. The van der Waals surface area contributed by atoms with Crippen molar-refractivity contribution in [3.05, 3.63) is 69.7 Å². The topological polar surface area (TPSA) is 54.9 Å². The highest BCUT2D eigenvalue weighted by atomic mass is 32.1. The van der Waals surface area contributed by atoms with Crippen LogP contribution in [0.4, 0.5) is 0 Å². The van der Waals surface area contributed by atoms with E-state index in [0.29, 0.717) is 18.5 Å². The van der Waals surface area contributed by atoms with Gasteiger partial charge in [0.1, 0.15) is 0 Å². The minimum Gasteiger partial charge on any atom is -0.352 e. The molecule has 0 saturated heterocycles. The molecule has 0 aliphatic carbocycles. The second kappa shape index (κ2) is 7.36. The van der Waals surface area contributed by atoms with Gasteiger partial charge in [-0.1, -0.05) is 12.1 Å². The average molecular weight is 337 g/mol. The molecular formula is C19H19N3OS. The van der Waals surface area contributed by atoms with Crippen molar-refractivity contribution in [2.24, 2.45) is 0 Å². The second-order valence-corrected chi connectivity index (χ2v) is 6.59. The Morgan fingerprint density at radius 3 is 2.75 bits per heavy atom. The van der Waals surface area contributed by atoms with Crippen molar-refractivity contribution in [2.75, 3.05) is 6.54 Å². The number of nitrogens with one attached hydrogen (secondary N) is 1. The number of aromatic nitrogens is 2. The molecule has 4 nitrogen and oxygen atoms in total. The van der Waals surface area contributed by atoms with Crippen LogP contribution in [0.15, 0.2) is 48.0 Å². The van der Waals surface area contributed by atoms with E-state index in [1.165, 1.54) is 5.56 Å². The van der Waals surface area contributed by atoms with Crippen LogP contribution in [0.25, 0.3) is 11.4 Å². The molecule has 1 amide bonds. The maximum absolute atomic E-state index is 12.2. The van der Waals surface area contributed by atoms with Gasteiger partial charge >= 0.3 is 0 Å². The number of pyridine rings is 1. The summed E-state index contributed by atoms with van der Waals surface area (Å²) in [5, 5.41) is 5.95. The maximum atomic E-state index is 12.2. The number of hydrogen-bond donors (Lipinski definition) is 1. The first-order valence-corrected chi connectivity index (χ1v) is 8.73. The fraction of sp³-hybridized carbons (Fsp3) is 0.211. The monoisotopic (exact) mass is 337 g/mol. The first-order chi connectivity index (χ1) is 11.6. The molecule has 0 aliphatic rings. The Labute approximate surface area is 145 Å². The van der Waals surface area contributed by atoms with Crippen LogP contribution in [-0.2, 0) is 6.42 Å². The fourth-order valence-electron chi connectivity index (χ4n) is 2.33. The van der Waals surface area contributed by atoms with Gasteiger partial charge in [-0.3, -0.25) is 9.78 Å². The van der Waals surface area contributed by atoms with Crippen LogP contribution >= 0.6 is 11.3 Å². The zero-order valence-corrected chi connectivity index (χ0v) is 14.6. The van der Waals surface area contributed by atoms with Gasteiger partial charge in [0.25, 0.3) is 5.91 Å². The van der Waals surface area contributed by atoms with Crippen LogP contribution in [0, 0.1) is 13.8 Å². The summed E-state index contributed by atoms with van der Waals surface area (Å²) in [7, 11) is 0. The zero-order chi connectivity index (χ0) is 16.9. The molecule has 0 bridgehead atoms. The van der Waals surface area contributed by atoms with E-state index in [-0.39, 0.29) is 5.91 Å². The molecule has 0 aliphatic heterocycles. The van der Waals surface area contributed by atoms with Crippen molar-refractivity contribution >= 4 is 17.2 Å². The van der Waals surface area contributed by atoms with Crippen LogP contribution < -0.4 is 5.32 Å². The molecule has 3 aromatic rings. The first kappa shape index (κ1) is 16.3. The normalized spacial score (nSPS) is 10.6. The summed E-state index contributed by atoms with van der Waals surface area (Å²) < 4.78 is 0. The third kappa shape index (κ3) is 3.86. The lowest BCUT2D eigenvalue weighted by Crippen LogP contribution is -2.25. The molecule has 0 atom stereocenters. The third-order valence-electron chi connectivity index (χ3n) is 3.87.